The van der Waals surface area contributed by atoms with Crippen LogP contribution in [0.1, 0.15) is 23.7 Å². The van der Waals surface area contributed by atoms with Gasteiger partial charge in [0.05, 0.1) is 29.9 Å². The van der Waals surface area contributed by atoms with E-state index in [9.17, 15) is 31.2 Å². The number of methoxy groups -OCH3 is 1. The summed E-state index contributed by atoms with van der Waals surface area (Å²) < 4.78 is 65.8. The third-order valence-electron chi connectivity index (χ3n) is 5.86. The van der Waals surface area contributed by atoms with E-state index >= 15 is 0 Å². The number of piperazine rings is 1. The number of carboxylic acids is 1. The van der Waals surface area contributed by atoms with Crippen molar-refractivity contribution in [3.63, 3.8) is 0 Å². The van der Waals surface area contributed by atoms with Crippen molar-refractivity contribution in [2.75, 3.05) is 63.0 Å². The lowest BCUT2D eigenvalue weighted by Crippen LogP contribution is -2.44. The normalized spacial score (nSPS) is 13.3. The number of nitrogens with zero attached hydrogens (tertiary/aromatic N) is 2. The molecule has 232 valence electrons. The van der Waals surface area contributed by atoms with E-state index < -0.39 is 22.2 Å². The molecule has 1 fully saturated rings. The lowest BCUT2D eigenvalue weighted by atomic mass is 10.1. The molecule has 2 amide bonds. The number of anilines is 2. The largest absolute Gasteiger partial charge is 0.497 e. The number of likely N-dealkylation sites (N-methyl/N-ethyl adjacent to an activating group) is 1. The van der Waals surface area contributed by atoms with Crippen LogP contribution in [0, 0.1) is 0 Å². The summed E-state index contributed by atoms with van der Waals surface area (Å²) in [5.74, 6) is -2.84. The minimum Gasteiger partial charge on any atom is -0.497 e. The number of sulfonamides is 1. The monoisotopic (exact) mass is 617 g/mol. The molecule has 0 spiro atoms. The number of rotatable bonds is 10. The highest BCUT2D eigenvalue weighted by atomic mass is 32.2. The van der Waals surface area contributed by atoms with Crippen molar-refractivity contribution in [2.45, 2.75) is 24.4 Å². The van der Waals surface area contributed by atoms with Gasteiger partial charge in [0.15, 0.2) is 0 Å². The number of carbonyl (C=O) groups excluding carboxylic acids is 2. The molecule has 0 aromatic heterocycles. The predicted octanol–water partition coefficient (Wildman–Crippen LogP) is 2.14. The number of carboxylic acid groups (broad SMARTS) is 1. The van der Waals surface area contributed by atoms with E-state index in [0.29, 0.717) is 36.8 Å². The minimum atomic E-state index is -5.08. The quantitative estimate of drug-likeness (QED) is 0.314. The fourth-order valence-corrected chi connectivity index (χ4v) is 4.78. The molecule has 4 N–H and O–H groups in total. The van der Waals surface area contributed by atoms with Gasteiger partial charge in [0.2, 0.25) is 5.91 Å². The Morgan fingerprint density at radius 1 is 1.10 bits per heavy atom. The van der Waals surface area contributed by atoms with Gasteiger partial charge in [0.1, 0.15) is 5.75 Å². The Kier molecular flexibility index (Phi) is 12.4. The van der Waals surface area contributed by atoms with Crippen LogP contribution in [0.15, 0.2) is 47.4 Å². The molecule has 1 aliphatic heterocycles. The first kappa shape index (κ1) is 34.2. The molecule has 1 aliphatic rings. The fraction of sp³-hybridized carbons (Fsp3) is 0.423. The van der Waals surface area contributed by atoms with Gasteiger partial charge < -0.3 is 30.3 Å². The van der Waals surface area contributed by atoms with Crippen LogP contribution in [0.25, 0.3) is 0 Å². The van der Waals surface area contributed by atoms with Crippen molar-refractivity contribution in [1.82, 2.24) is 15.5 Å². The van der Waals surface area contributed by atoms with E-state index in [2.05, 4.69) is 20.3 Å². The highest BCUT2D eigenvalue weighted by Gasteiger charge is 2.38. The van der Waals surface area contributed by atoms with E-state index in [1.807, 2.05) is 6.92 Å². The number of aliphatic carboxylic acids is 1. The number of halogens is 3. The van der Waals surface area contributed by atoms with Gasteiger partial charge >= 0.3 is 12.1 Å². The number of hydrogen-bond donors (Lipinski definition) is 4. The summed E-state index contributed by atoms with van der Waals surface area (Å²) in [5.41, 5.74) is 1.27. The van der Waals surface area contributed by atoms with Gasteiger partial charge in [-0.25, -0.2) is 13.2 Å². The zero-order chi connectivity index (χ0) is 31.5. The molecule has 0 aliphatic carbocycles. The summed E-state index contributed by atoms with van der Waals surface area (Å²) >= 11 is 0. The Balaban J connectivity index is 0.000000782. The van der Waals surface area contributed by atoms with Gasteiger partial charge in [-0.2, -0.15) is 13.2 Å². The summed E-state index contributed by atoms with van der Waals surface area (Å²) in [6.45, 7) is 5.32. The molecule has 2 aromatic rings. The summed E-state index contributed by atoms with van der Waals surface area (Å²) in [4.78, 5) is 37.4. The molecule has 2 aromatic carbocycles. The summed E-state index contributed by atoms with van der Waals surface area (Å²) in [5, 5.41) is 13.1. The number of alkyl halides is 3. The number of nitrogens with one attached hydrogen (secondary N) is 3. The lowest BCUT2D eigenvalue weighted by molar-refractivity contribution is -0.192. The molecule has 16 heteroatoms. The van der Waals surface area contributed by atoms with Crippen molar-refractivity contribution in [3.05, 3.63) is 48.0 Å². The maximum absolute atomic E-state index is 13.2. The Bertz CT molecular complexity index is 1330. The third-order valence-corrected chi connectivity index (χ3v) is 7.24. The van der Waals surface area contributed by atoms with E-state index in [0.717, 1.165) is 19.5 Å². The average molecular weight is 618 g/mol. The number of ether oxygens (including phenoxy) is 1. The van der Waals surface area contributed by atoms with Gasteiger partial charge in [-0.3, -0.25) is 14.3 Å². The van der Waals surface area contributed by atoms with Gasteiger partial charge in [-0.05, 0) is 48.9 Å². The minimum absolute atomic E-state index is 0.0750. The zero-order valence-electron chi connectivity index (χ0n) is 23.3. The molecule has 0 bridgehead atoms. The average Bonchev–Trinajstić information content (AvgIpc) is 2.95. The Hall–Kier alpha value is -4.05. The zero-order valence-corrected chi connectivity index (χ0v) is 24.1. The molecule has 0 saturated carbocycles. The first-order valence-corrected chi connectivity index (χ1v) is 14.3. The molecule has 0 unspecified atom stereocenters. The van der Waals surface area contributed by atoms with Crippen molar-refractivity contribution in [3.8, 4) is 5.75 Å². The highest BCUT2D eigenvalue weighted by molar-refractivity contribution is 7.92. The topological polar surface area (TPSA) is 157 Å². The lowest BCUT2D eigenvalue weighted by Gasteiger charge is -2.31. The summed E-state index contributed by atoms with van der Waals surface area (Å²) in [6, 6.07) is 11.0. The molecule has 1 saturated heterocycles. The van der Waals surface area contributed by atoms with Gasteiger partial charge in [-0.15, -0.1) is 0 Å². The van der Waals surface area contributed by atoms with Crippen molar-refractivity contribution < 1.29 is 45.8 Å². The van der Waals surface area contributed by atoms with E-state index in [-0.39, 0.29) is 28.8 Å². The maximum Gasteiger partial charge on any atom is 0.490 e. The van der Waals surface area contributed by atoms with Gasteiger partial charge in [0, 0.05) is 45.3 Å². The molecule has 42 heavy (non-hydrogen) atoms. The molecule has 0 atom stereocenters. The van der Waals surface area contributed by atoms with Crippen LogP contribution in [0.4, 0.5) is 24.5 Å². The van der Waals surface area contributed by atoms with Crippen LogP contribution >= 0.6 is 0 Å². The van der Waals surface area contributed by atoms with E-state index in [4.69, 9.17) is 14.6 Å². The van der Waals surface area contributed by atoms with Crippen LogP contribution in [0.3, 0.4) is 0 Å². The predicted molar refractivity (Wildman–Crippen MR) is 149 cm³/mol. The molecule has 0 radical (unpaired) electrons. The number of benzene rings is 2. The first-order valence-electron chi connectivity index (χ1n) is 12.8. The smallest absolute Gasteiger partial charge is 0.490 e. The highest BCUT2D eigenvalue weighted by Crippen LogP contribution is 2.30. The first-order chi connectivity index (χ1) is 19.7. The van der Waals surface area contributed by atoms with Crippen LogP contribution in [0.5, 0.6) is 5.75 Å². The van der Waals surface area contributed by atoms with E-state index in [1.54, 1.807) is 31.3 Å². The van der Waals surface area contributed by atoms with Crippen molar-refractivity contribution in [1.29, 1.82) is 0 Å². The second-order valence-electron chi connectivity index (χ2n) is 9.06. The second kappa shape index (κ2) is 15.3. The van der Waals surface area contributed by atoms with Crippen LogP contribution in [-0.4, -0.2) is 95.8 Å². The SMILES string of the molecule is CCCNC(=O)CN(C)C(=O)c1ccc(N2CCNCC2)c(NS(=O)(=O)c2ccc(OC)cc2)c1.O=C(O)C(F)(F)F. The number of amides is 2. The molecule has 12 nitrogen and oxygen atoms in total. The molecule has 3 rings (SSSR count). The molecule has 1 heterocycles. The third kappa shape index (κ3) is 10.1. The number of carbonyl (C=O) groups is 3. The molecular formula is C26H34F3N5O7S. The maximum atomic E-state index is 13.2. The molecular weight excluding hydrogens is 583 g/mol. The van der Waals surface area contributed by atoms with Crippen LogP contribution in [-0.2, 0) is 19.6 Å². The Morgan fingerprint density at radius 3 is 2.21 bits per heavy atom. The van der Waals surface area contributed by atoms with Gasteiger partial charge in [0.25, 0.3) is 15.9 Å². The van der Waals surface area contributed by atoms with E-state index in [1.165, 1.54) is 30.2 Å². The Labute approximate surface area is 241 Å². The fourth-order valence-electron chi connectivity index (χ4n) is 3.72. The van der Waals surface area contributed by atoms with Crippen LogP contribution in [0.2, 0.25) is 0 Å². The van der Waals surface area contributed by atoms with Crippen molar-refractivity contribution >= 4 is 39.2 Å². The van der Waals surface area contributed by atoms with Crippen molar-refractivity contribution in [2.24, 2.45) is 0 Å². The second-order valence-corrected chi connectivity index (χ2v) is 10.7. The van der Waals surface area contributed by atoms with Crippen LogP contribution < -0.4 is 25.0 Å². The standard InChI is InChI=1S/C24H33N5O5S.C2HF3O2/c1-4-11-26-23(30)17-28(2)24(31)18-5-10-22(29-14-12-25-13-15-29)21(16-18)27-35(32,33)20-8-6-19(34-3)7-9-20;3-2(4,5)1(6)7/h5-10,16,25,27H,4,11-15,17H2,1-3H3,(H,26,30);(H,6,7). The number of hydrogen-bond acceptors (Lipinski definition) is 8. The summed E-state index contributed by atoms with van der Waals surface area (Å²) in [6.07, 6.45) is -4.28. The Morgan fingerprint density at radius 2 is 1.69 bits per heavy atom. The van der Waals surface area contributed by atoms with Gasteiger partial charge in [-0.1, -0.05) is 6.92 Å². The summed E-state index contributed by atoms with van der Waals surface area (Å²) in [7, 11) is -0.879.